The van der Waals surface area contributed by atoms with Crippen molar-refractivity contribution < 1.29 is 13.2 Å². The Bertz CT molecular complexity index is 953. The van der Waals surface area contributed by atoms with E-state index >= 15 is 0 Å². The number of hydrogen-bond acceptors (Lipinski definition) is 3. The maximum absolute atomic E-state index is 13.1. The number of nitrogens with zero attached hydrogens (tertiary/aromatic N) is 1. The minimum Gasteiger partial charge on any atom is -0.294 e. The summed E-state index contributed by atoms with van der Waals surface area (Å²) in [7, 11) is -3.70. The van der Waals surface area contributed by atoms with Gasteiger partial charge in [0.15, 0.2) is 5.78 Å². The van der Waals surface area contributed by atoms with Crippen LogP contribution in [0.25, 0.3) is 0 Å². The fraction of sp³-hybridized carbons (Fsp3) is 0.278. The second-order valence-electron chi connectivity index (χ2n) is 6.20. The summed E-state index contributed by atoms with van der Waals surface area (Å²) < 4.78 is 27.6. The lowest BCUT2D eigenvalue weighted by Gasteiger charge is -2.30. The fourth-order valence-corrected chi connectivity index (χ4v) is 5.20. The molecule has 0 spiro atoms. The van der Waals surface area contributed by atoms with E-state index < -0.39 is 10.0 Å². The lowest BCUT2D eigenvalue weighted by molar-refractivity contribution is 0.0982. The van der Waals surface area contributed by atoms with Gasteiger partial charge in [-0.25, -0.2) is 8.42 Å². The first kappa shape index (κ1) is 15.7. The van der Waals surface area contributed by atoms with Crippen molar-refractivity contribution in [3.05, 3.63) is 58.1 Å². The van der Waals surface area contributed by atoms with Crippen molar-refractivity contribution in [2.75, 3.05) is 10.8 Å². The molecule has 0 fully saturated rings. The van der Waals surface area contributed by atoms with Gasteiger partial charge >= 0.3 is 0 Å². The number of ketones is 1. The number of Topliss-reactive ketones (excluding diaryl/α,β-unsaturated/α-hetero) is 1. The number of hydrogen-bond donors (Lipinski definition) is 0. The molecule has 124 valence electrons. The van der Waals surface area contributed by atoms with Crippen LogP contribution in [0.15, 0.2) is 41.3 Å². The number of carbonyl (C=O) groups is 1. The van der Waals surface area contributed by atoms with Crippen molar-refractivity contribution in [3.63, 3.8) is 0 Å². The monoisotopic (exact) mass is 361 g/mol. The zero-order chi connectivity index (χ0) is 16.9. The second kappa shape index (κ2) is 5.60. The highest BCUT2D eigenvalue weighted by Gasteiger charge is 2.33. The molecule has 0 N–H and O–H groups in total. The summed E-state index contributed by atoms with van der Waals surface area (Å²) in [5.41, 5.74) is 3.13. The van der Waals surface area contributed by atoms with Gasteiger partial charge in [0.05, 0.1) is 10.6 Å². The molecule has 2 aromatic rings. The SMILES string of the molecule is O=C1CCN(S(=O)(=O)c2ccc3c(c2)CCC3)c2ccc(Cl)cc21. The summed E-state index contributed by atoms with van der Waals surface area (Å²) >= 11 is 5.96. The number of benzene rings is 2. The number of sulfonamides is 1. The van der Waals surface area contributed by atoms with Gasteiger partial charge < -0.3 is 0 Å². The Morgan fingerprint density at radius 2 is 1.75 bits per heavy atom. The third-order valence-electron chi connectivity index (χ3n) is 4.73. The summed E-state index contributed by atoms with van der Waals surface area (Å²) in [6.45, 7) is 0.160. The van der Waals surface area contributed by atoms with E-state index in [0.29, 0.717) is 21.2 Å². The minimum atomic E-state index is -3.70. The third-order valence-corrected chi connectivity index (χ3v) is 6.77. The van der Waals surface area contributed by atoms with Crippen molar-refractivity contribution in [2.24, 2.45) is 0 Å². The van der Waals surface area contributed by atoms with E-state index in [2.05, 4.69) is 0 Å². The molecular weight excluding hydrogens is 346 g/mol. The summed E-state index contributed by atoms with van der Waals surface area (Å²) in [6, 6.07) is 10.1. The number of rotatable bonds is 2. The molecular formula is C18H16ClNO3S. The average Bonchev–Trinajstić information content (AvgIpc) is 3.03. The zero-order valence-electron chi connectivity index (χ0n) is 13.0. The van der Waals surface area contributed by atoms with E-state index in [1.54, 1.807) is 30.3 Å². The highest BCUT2D eigenvalue weighted by molar-refractivity contribution is 7.92. The summed E-state index contributed by atoms with van der Waals surface area (Å²) in [6.07, 6.45) is 3.16. The molecule has 24 heavy (non-hydrogen) atoms. The molecule has 0 bridgehead atoms. The summed E-state index contributed by atoms with van der Waals surface area (Å²) in [5, 5.41) is 0.430. The van der Waals surface area contributed by atoms with E-state index in [0.717, 1.165) is 24.8 Å². The Labute approximate surface area is 146 Å². The molecule has 1 heterocycles. The fourth-order valence-electron chi connectivity index (χ4n) is 3.49. The number of halogens is 1. The smallest absolute Gasteiger partial charge is 0.264 e. The molecule has 4 nitrogen and oxygen atoms in total. The van der Waals surface area contributed by atoms with Gasteiger partial charge in [-0.3, -0.25) is 9.10 Å². The molecule has 4 rings (SSSR count). The highest BCUT2D eigenvalue weighted by Crippen LogP contribution is 2.34. The average molecular weight is 362 g/mol. The van der Waals surface area contributed by atoms with Crippen LogP contribution < -0.4 is 4.31 Å². The standard InChI is InChI=1S/C18H16ClNO3S/c19-14-5-7-17-16(11-14)18(21)8-9-20(17)24(22,23)15-6-4-12-2-1-3-13(12)10-15/h4-7,10-11H,1-3,8-9H2. The van der Waals surface area contributed by atoms with Crippen molar-refractivity contribution in [1.82, 2.24) is 0 Å². The van der Waals surface area contributed by atoms with Crippen LogP contribution >= 0.6 is 11.6 Å². The number of aryl methyl sites for hydroxylation is 2. The van der Waals surface area contributed by atoms with Crippen LogP contribution in [0.3, 0.4) is 0 Å². The van der Waals surface area contributed by atoms with E-state index in [4.69, 9.17) is 11.6 Å². The summed E-state index contributed by atoms with van der Waals surface area (Å²) in [4.78, 5) is 12.4. The molecule has 0 radical (unpaired) electrons. The quantitative estimate of drug-likeness (QED) is 0.821. The molecule has 0 aromatic heterocycles. The molecule has 1 aliphatic heterocycles. The van der Waals surface area contributed by atoms with E-state index in [9.17, 15) is 13.2 Å². The molecule has 2 aromatic carbocycles. The molecule has 0 amide bonds. The lowest BCUT2D eigenvalue weighted by atomic mass is 10.0. The Hall–Kier alpha value is -1.85. The minimum absolute atomic E-state index is 0.0760. The van der Waals surface area contributed by atoms with Crippen LogP contribution in [-0.4, -0.2) is 20.7 Å². The van der Waals surface area contributed by atoms with Gasteiger partial charge in [-0.05, 0) is 60.7 Å². The van der Waals surface area contributed by atoms with Gasteiger partial charge in [0.1, 0.15) is 0 Å². The van der Waals surface area contributed by atoms with Crippen LogP contribution in [0.5, 0.6) is 0 Å². The van der Waals surface area contributed by atoms with Crippen molar-refractivity contribution in [1.29, 1.82) is 0 Å². The van der Waals surface area contributed by atoms with Crippen LogP contribution in [0.4, 0.5) is 5.69 Å². The number of carbonyl (C=O) groups excluding carboxylic acids is 1. The van der Waals surface area contributed by atoms with Crippen molar-refractivity contribution >= 4 is 33.1 Å². The summed E-state index contributed by atoms with van der Waals surface area (Å²) in [5.74, 6) is -0.0760. The maximum Gasteiger partial charge on any atom is 0.264 e. The predicted octanol–water partition coefficient (Wildman–Crippen LogP) is 3.61. The number of fused-ring (bicyclic) bond motifs is 2. The molecule has 0 atom stereocenters. The molecule has 0 saturated carbocycles. The Balaban J connectivity index is 1.81. The highest BCUT2D eigenvalue weighted by atomic mass is 35.5. The predicted molar refractivity (Wildman–Crippen MR) is 93.4 cm³/mol. The van der Waals surface area contributed by atoms with Gasteiger partial charge in [-0.2, -0.15) is 0 Å². The molecule has 0 saturated heterocycles. The third kappa shape index (κ3) is 2.43. The van der Waals surface area contributed by atoms with Gasteiger partial charge in [0, 0.05) is 23.6 Å². The Kier molecular flexibility index (Phi) is 3.66. The van der Waals surface area contributed by atoms with Crippen LogP contribution in [0.1, 0.15) is 34.3 Å². The molecule has 0 unspecified atom stereocenters. The Morgan fingerprint density at radius 3 is 2.58 bits per heavy atom. The first-order valence-electron chi connectivity index (χ1n) is 7.94. The van der Waals surface area contributed by atoms with Gasteiger partial charge in [0.2, 0.25) is 0 Å². The van der Waals surface area contributed by atoms with Gasteiger partial charge in [-0.15, -0.1) is 0 Å². The first-order chi connectivity index (χ1) is 11.5. The number of anilines is 1. The maximum atomic E-state index is 13.1. The van der Waals surface area contributed by atoms with Gasteiger partial charge in [-0.1, -0.05) is 17.7 Å². The largest absolute Gasteiger partial charge is 0.294 e. The topological polar surface area (TPSA) is 54.5 Å². The lowest BCUT2D eigenvalue weighted by Crippen LogP contribution is -2.37. The molecule has 1 aliphatic carbocycles. The van der Waals surface area contributed by atoms with Crippen molar-refractivity contribution in [2.45, 2.75) is 30.6 Å². The van der Waals surface area contributed by atoms with Crippen molar-refractivity contribution in [3.8, 4) is 0 Å². The van der Waals surface area contributed by atoms with Gasteiger partial charge in [0.25, 0.3) is 10.0 Å². The molecule has 6 heteroatoms. The van der Waals surface area contributed by atoms with Crippen LogP contribution in [0, 0.1) is 0 Å². The normalized spacial score (nSPS) is 16.9. The first-order valence-corrected chi connectivity index (χ1v) is 9.76. The van der Waals surface area contributed by atoms with E-state index in [1.807, 2.05) is 6.07 Å². The molecule has 2 aliphatic rings. The zero-order valence-corrected chi connectivity index (χ0v) is 14.5. The van der Waals surface area contributed by atoms with Crippen LogP contribution in [0.2, 0.25) is 5.02 Å². The van der Waals surface area contributed by atoms with E-state index in [1.165, 1.54) is 9.87 Å². The second-order valence-corrected chi connectivity index (χ2v) is 8.49. The van der Waals surface area contributed by atoms with E-state index in [-0.39, 0.29) is 18.7 Å². The Morgan fingerprint density at radius 1 is 0.958 bits per heavy atom. The van der Waals surface area contributed by atoms with Crippen LogP contribution in [-0.2, 0) is 22.9 Å².